The Kier molecular flexibility index (Phi) is 5.86. The molecule has 1 aliphatic heterocycles. The lowest BCUT2D eigenvalue weighted by Crippen LogP contribution is -2.42. The molecule has 2 fully saturated rings. The van der Waals surface area contributed by atoms with Crippen LogP contribution in [0.5, 0.6) is 0 Å². The zero-order valence-electron chi connectivity index (χ0n) is 12.7. The molecule has 114 valence electrons. The van der Waals surface area contributed by atoms with E-state index in [1.165, 1.54) is 32.1 Å². The fourth-order valence-electron chi connectivity index (χ4n) is 3.56. The van der Waals surface area contributed by atoms with Crippen molar-refractivity contribution >= 4 is 11.8 Å². The summed E-state index contributed by atoms with van der Waals surface area (Å²) in [4.78, 5) is 25.7. The third-order valence-corrected chi connectivity index (χ3v) is 4.96. The van der Waals surface area contributed by atoms with Crippen molar-refractivity contribution in [2.24, 2.45) is 11.8 Å². The number of amides is 2. The van der Waals surface area contributed by atoms with Crippen LogP contribution in [0.3, 0.4) is 0 Å². The van der Waals surface area contributed by atoms with E-state index in [0.29, 0.717) is 12.3 Å². The minimum atomic E-state index is 0.0994. The van der Waals surface area contributed by atoms with Gasteiger partial charge in [-0.25, -0.2) is 0 Å². The van der Waals surface area contributed by atoms with E-state index < -0.39 is 0 Å². The number of piperidine rings is 1. The highest BCUT2D eigenvalue weighted by Crippen LogP contribution is 2.28. The normalized spacial score (nSPS) is 21.8. The van der Waals surface area contributed by atoms with E-state index in [2.05, 4.69) is 5.32 Å². The first-order valence-electron chi connectivity index (χ1n) is 8.20. The van der Waals surface area contributed by atoms with E-state index >= 15 is 0 Å². The number of hydrogen-bond donors (Lipinski definition) is 1. The van der Waals surface area contributed by atoms with E-state index in [1.807, 2.05) is 4.90 Å². The highest BCUT2D eigenvalue weighted by atomic mass is 16.2. The number of nitrogens with one attached hydrogen (secondary N) is 1. The zero-order valence-corrected chi connectivity index (χ0v) is 12.7. The third kappa shape index (κ3) is 4.22. The van der Waals surface area contributed by atoms with Crippen molar-refractivity contribution in [2.75, 3.05) is 20.1 Å². The second kappa shape index (κ2) is 7.65. The molecule has 4 nitrogen and oxygen atoms in total. The monoisotopic (exact) mass is 280 g/mol. The number of likely N-dealkylation sites (tertiary alicyclic amines) is 1. The van der Waals surface area contributed by atoms with E-state index in [4.69, 9.17) is 0 Å². The Balaban J connectivity index is 1.67. The molecule has 4 heteroatoms. The van der Waals surface area contributed by atoms with Gasteiger partial charge in [0.1, 0.15) is 0 Å². The average Bonchev–Trinajstić information content (AvgIpc) is 2.53. The van der Waals surface area contributed by atoms with Crippen LogP contribution in [-0.4, -0.2) is 36.9 Å². The summed E-state index contributed by atoms with van der Waals surface area (Å²) >= 11 is 0. The van der Waals surface area contributed by atoms with Gasteiger partial charge < -0.3 is 10.2 Å². The Morgan fingerprint density at radius 3 is 2.30 bits per heavy atom. The lowest BCUT2D eigenvalue weighted by atomic mass is 9.86. The van der Waals surface area contributed by atoms with Crippen LogP contribution >= 0.6 is 0 Å². The van der Waals surface area contributed by atoms with Crippen molar-refractivity contribution < 1.29 is 9.59 Å². The predicted octanol–water partition coefficient (Wildman–Crippen LogP) is 2.33. The molecule has 0 unspecified atom stereocenters. The summed E-state index contributed by atoms with van der Waals surface area (Å²) in [6.45, 7) is 1.50. The van der Waals surface area contributed by atoms with Crippen LogP contribution in [0.1, 0.15) is 57.8 Å². The molecule has 1 N–H and O–H groups in total. The van der Waals surface area contributed by atoms with E-state index in [9.17, 15) is 9.59 Å². The molecule has 0 aromatic carbocycles. The second-order valence-corrected chi connectivity index (χ2v) is 6.31. The summed E-state index contributed by atoms with van der Waals surface area (Å²) in [6.07, 6.45) is 10.1. The molecule has 0 spiro atoms. The molecule has 2 aliphatic rings. The van der Waals surface area contributed by atoms with Gasteiger partial charge in [-0.2, -0.15) is 0 Å². The van der Waals surface area contributed by atoms with Gasteiger partial charge in [0, 0.05) is 32.5 Å². The van der Waals surface area contributed by atoms with Gasteiger partial charge >= 0.3 is 0 Å². The molecule has 1 heterocycles. The number of nitrogens with zero attached hydrogens (tertiary/aromatic N) is 1. The van der Waals surface area contributed by atoms with Crippen LogP contribution in [0.25, 0.3) is 0 Å². The largest absolute Gasteiger partial charge is 0.359 e. The maximum absolute atomic E-state index is 12.2. The number of rotatable bonds is 4. The Bertz CT molecular complexity index is 329. The molecule has 0 aromatic rings. The lowest BCUT2D eigenvalue weighted by molar-refractivity contribution is -0.135. The average molecular weight is 280 g/mol. The summed E-state index contributed by atoms with van der Waals surface area (Å²) in [5, 5.41) is 2.70. The molecule has 0 aromatic heterocycles. The Labute approximate surface area is 122 Å². The Morgan fingerprint density at radius 2 is 1.70 bits per heavy atom. The van der Waals surface area contributed by atoms with Crippen LogP contribution < -0.4 is 5.32 Å². The predicted molar refractivity (Wildman–Crippen MR) is 79.2 cm³/mol. The first-order chi connectivity index (χ1) is 9.70. The van der Waals surface area contributed by atoms with Crippen molar-refractivity contribution in [1.82, 2.24) is 10.2 Å². The minimum Gasteiger partial charge on any atom is -0.359 e. The SMILES string of the molecule is CNC(=O)C1CCN(C(=O)CCC2CCCCC2)CC1. The Hall–Kier alpha value is -1.06. The molecule has 0 radical (unpaired) electrons. The number of carbonyl (C=O) groups excluding carboxylic acids is 2. The van der Waals surface area contributed by atoms with E-state index in [1.54, 1.807) is 7.05 Å². The summed E-state index contributed by atoms with van der Waals surface area (Å²) in [6, 6.07) is 0. The van der Waals surface area contributed by atoms with Gasteiger partial charge in [-0.3, -0.25) is 9.59 Å². The summed E-state index contributed by atoms with van der Waals surface area (Å²) in [5.74, 6) is 1.30. The molecule has 1 saturated heterocycles. The van der Waals surface area contributed by atoms with Crippen LogP contribution in [0.15, 0.2) is 0 Å². The highest BCUT2D eigenvalue weighted by molar-refractivity contribution is 5.79. The van der Waals surface area contributed by atoms with Gasteiger partial charge in [-0.05, 0) is 25.2 Å². The van der Waals surface area contributed by atoms with Gasteiger partial charge in [0.25, 0.3) is 0 Å². The molecule has 1 aliphatic carbocycles. The summed E-state index contributed by atoms with van der Waals surface area (Å²) in [7, 11) is 1.68. The fraction of sp³-hybridized carbons (Fsp3) is 0.875. The molecule has 2 rings (SSSR count). The van der Waals surface area contributed by atoms with Gasteiger partial charge in [0.05, 0.1) is 0 Å². The molecular formula is C16H28N2O2. The molecule has 0 atom stereocenters. The van der Waals surface area contributed by atoms with Crippen molar-refractivity contribution in [1.29, 1.82) is 0 Å². The number of hydrogen-bond acceptors (Lipinski definition) is 2. The summed E-state index contributed by atoms with van der Waals surface area (Å²) in [5.41, 5.74) is 0. The van der Waals surface area contributed by atoms with Crippen molar-refractivity contribution in [3.63, 3.8) is 0 Å². The lowest BCUT2D eigenvalue weighted by Gasteiger charge is -2.31. The Morgan fingerprint density at radius 1 is 1.05 bits per heavy atom. The van der Waals surface area contributed by atoms with E-state index in [-0.39, 0.29) is 11.8 Å². The number of carbonyl (C=O) groups is 2. The van der Waals surface area contributed by atoms with Gasteiger partial charge in [-0.1, -0.05) is 32.1 Å². The van der Waals surface area contributed by atoms with Crippen molar-refractivity contribution in [3.05, 3.63) is 0 Å². The minimum absolute atomic E-state index is 0.0994. The van der Waals surface area contributed by atoms with Crippen LogP contribution in [0.2, 0.25) is 0 Å². The zero-order chi connectivity index (χ0) is 14.4. The first kappa shape index (κ1) is 15.3. The maximum atomic E-state index is 12.2. The van der Waals surface area contributed by atoms with Gasteiger partial charge in [-0.15, -0.1) is 0 Å². The van der Waals surface area contributed by atoms with Gasteiger partial charge in [0.2, 0.25) is 11.8 Å². The summed E-state index contributed by atoms with van der Waals surface area (Å²) < 4.78 is 0. The third-order valence-electron chi connectivity index (χ3n) is 4.96. The topological polar surface area (TPSA) is 49.4 Å². The molecule has 0 bridgehead atoms. The fourth-order valence-corrected chi connectivity index (χ4v) is 3.56. The molecule has 20 heavy (non-hydrogen) atoms. The van der Waals surface area contributed by atoms with Crippen LogP contribution in [0.4, 0.5) is 0 Å². The highest BCUT2D eigenvalue weighted by Gasteiger charge is 2.26. The van der Waals surface area contributed by atoms with Crippen LogP contribution in [0, 0.1) is 11.8 Å². The van der Waals surface area contributed by atoms with Crippen molar-refractivity contribution in [2.45, 2.75) is 57.8 Å². The molecule has 1 saturated carbocycles. The molecular weight excluding hydrogens is 252 g/mol. The first-order valence-corrected chi connectivity index (χ1v) is 8.20. The quantitative estimate of drug-likeness (QED) is 0.859. The molecule has 2 amide bonds. The van der Waals surface area contributed by atoms with Gasteiger partial charge in [0.15, 0.2) is 0 Å². The van der Waals surface area contributed by atoms with Crippen LogP contribution in [-0.2, 0) is 9.59 Å². The second-order valence-electron chi connectivity index (χ2n) is 6.31. The smallest absolute Gasteiger partial charge is 0.222 e. The van der Waals surface area contributed by atoms with Crippen molar-refractivity contribution in [3.8, 4) is 0 Å². The maximum Gasteiger partial charge on any atom is 0.222 e. The standard InChI is InChI=1S/C16H28N2O2/c1-17-16(20)14-9-11-18(12-10-14)15(19)8-7-13-5-3-2-4-6-13/h13-14H,2-12H2,1H3,(H,17,20). The van der Waals surface area contributed by atoms with E-state index in [0.717, 1.165) is 38.3 Å².